The van der Waals surface area contributed by atoms with Gasteiger partial charge in [-0.05, 0) is 51.0 Å². The topological polar surface area (TPSA) is 28.4 Å². The van der Waals surface area contributed by atoms with Gasteiger partial charge < -0.3 is 9.73 Å². The van der Waals surface area contributed by atoms with Crippen LogP contribution in [-0.4, -0.2) is 31.6 Å². The Morgan fingerprint density at radius 2 is 2.20 bits per heavy atom. The lowest BCUT2D eigenvalue weighted by Crippen LogP contribution is -2.38. The van der Waals surface area contributed by atoms with E-state index in [2.05, 4.69) is 28.4 Å². The maximum atomic E-state index is 5.91. The number of nitrogens with one attached hydrogen (secondary N) is 1. The zero-order valence-electron chi connectivity index (χ0n) is 12.0. The minimum absolute atomic E-state index is 0. The summed E-state index contributed by atoms with van der Waals surface area (Å²) < 4.78 is 5.91. The normalized spacial score (nSPS) is 19.9. The summed E-state index contributed by atoms with van der Waals surface area (Å²) in [5.41, 5.74) is 1.00. The predicted molar refractivity (Wildman–Crippen MR) is 85.4 cm³/mol. The fraction of sp³-hybridized carbons (Fsp3) is 0.500. The highest BCUT2D eigenvalue weighted by Gasteiger charge is 2.20. The Morgan fingerprint density at radius 3 is 3.00 bits per heavy atom. The van der Waals surface area contributed by atoms with E-state index in [0.717, 1.165) is 30.4 Å². The summed E-state index contributed by atoms with van der Waals surface area (Å²) in [5, 5.41) is 4.50. The number of fused-ring (bicyclic) bond motifs is 1. The summed E-state index contributed by atoms with van der Waals surface area (Å²) in [6.45, 7) is 4.43. The number of benzene rings is 1. The van der Waals surface area contributed by atoms with Gasteiger partial charge in [-0.25, -0.2) is 0 Å². The minimum Gasteiger partial charge on any atom is -0.460 e. The summed E-state index contributed by atoms with van der Waals surface area (Å²) in [6, 6.07) is 10.4. The van der Waals surface area contributed by atoms with Crippen molar-refractivity contribution in [3.05, 3.63) is 36.1 Å². The van der Waals surface area contributed by atoms with Gasteiger partial charge in [0.2, 0.25) is 0 Å². The Hall–Kier alpha value is -1.03. The first-order valence-corrected chi connectivity index (χ1v) is 7.19. The van der Waals surface area contributed by atoms with Gasteiger partial charge in [0, 0.05) is 11.9 Å². The van der Waals surface area contributed by atoms with Crippen LogP contribution < -0.4 is 5.32 Å². The van der Waals surface area contributed by atoms with Crippen LogP contribution in [0.2, 0.25) is 0 Å². The third kappa shape index (κ3) is 3.54. The predicted octanol–water partition coefficient (Wildman–Crippen LogP) is 3.29. The van der Waals surface area contributed by atoms with Gasteiger partial charge in [-0.1, -0.05) is 18.2 Å². The number of para-hydroxylation sites is 1. The molecule has 1 aliphatic heterocycles. The van der Waals surface area contributed by atoms with E-state index in [4.69, 9.17) is 4.42 Å². The smallest absolute Gasteiger partial charge is 0.134 e. The molecule has 4 heteroatoms. The van der Waals surface area contributed by atoms with Crippen LogP contribution in [0.3, 0.4) is 0 Å². The van der Waals surface area contributed by atoms with Gasteiger partial charge >= 0.3 is 0 Å². The second-order valence-corrected chi connectivity index (χ2v) is 5.55. The molecule has 2 heterocycles. The molecule has 1 atom stereocenters. The number of rotatable bonds is 4. The number of furan rings is 1. The SMILES string of the molecule is CNCC1CCCN(Cc2cc3ccccc3o2)C1.Cl. The minimum atomic E-state index is 0. The van der Waals surface area contributed by atoms with Gasteiger partial charge in [-0.15, -0.1) is 12.4 Å². The summed E-state index contributed by atoms with van der Waals surface area (Å²) >= 11 is 0. The van der Waals surface area contributed by atoms with Crippen LogP contribution in [0.15, 0.2) is 34.7 Å². The quantitative estimate of drug-likeness (QED) is 0.938. The van der Waals surface area contributed by atoms with Crippen LogP contribution >= 0.6 is 12.4 Å². The van der Waals surface area contributed by atoms with Gasteiger partial charge in [0.25, 0.3) is 0 Å². The summed E-state index contributed by atoms with van der Waals surface area (Å²) in [6.07, 6.45) is 2.64. The van der Waals surface area contributed by atoms with E-state index >= 15 is 0 Å². The molecule has 3 rings (SSSR count). The summed E-state index contributed by atoms with van der Waals surface area (Å²) in [7, 11) is 2.04. The van der Waals surface area contributed by atoms with Crippen molar-refractivity contribution in [3.8, 4) is 0 Å². The number of likely N-dealkylation sites (tertiary alicyclic amines) is 1. The molecule has 0 amide bonds. The Balaban J connectivity index is 0.00000147. The van der Waals surface area contributed by atoms with Crippen molar-refractivity contribution in [1.29, 1.82) is 0 Å². The molecule has 20 heavy (non-hydrogen) atoms. The molecule has 0 radical (unpaired) electrons. The van der Waals surface area contributed by atoms with Crippen molar-refractivity contribution in [1.82, 2.24) is 10.2 Å². The lowest BCUT2D eigenvalue weighted by Gasteiger charge is -2.31. The molecule has 1 unspecified atom stereocenters. The van der Waals surface area contributed by atoms with Crippen LogP contribution in [0.25, 0.3) is 11.0 Å². The molecule has 110 valence electrons. The maximum Gasteiger partial charge on any atom is 0.134 e. The van der Waals surface area contributed by atoms with Crippen LogP contribution in [0, 0.1) is 5.92 Å². The number of halogens is 1. The first-order valence-electron chi connectivity index (χ1n) is 7.19. The molecule has 1 N–H and O–H groups in total. The summed E-state index contributed by atoms with van der Waals surface area (Å²) in [4.78, 5) is 2.52. The second-order valence-electron chi connectivity index (χ2n) is 5.55. The average Bonchev–Trinajstić information content (AvgIpc) is 2.81. The first kappa shape index (κ1) is 15.4. The van der Waals surface area contributed by atoms with Crippen LogP contribution in [-0.2, 0) is 6.54 Å². The molecule has 0 bridgehead atoms. The molecule has 0 aliphatic carbocycles. The van der Waals surface area contributed by atoms with E-state index < -0.39 is 0 Å². The van der Waals surface area contributed by atoms with Crippen LogP contribution in [0.4, 0.5) is 0 Å². The Labute approximate surface area is 126 Å². The van der Waals surface area contributed by atoms with E-state index in [9.17, 15) is 0 Å². The van der Waals surface area contributed by atoms with E-state index in [1.54, 1.807) is 0 Å². The monoisotopic (exact) mass is 294 g/mol. The number of hydrogen-bond donors (Lipinski definition) is 1. The molecular formula is C16H23ClN2O. The lowest BCUT2D eigenvalue weighted by molar-refractivity contribution is 0.157. The maximum absolute atomic E-state index is 5.91. The molecule has 1 aromatic carbocycles. The van der Waals surface area contributed by atoms with Gasteiger partial charge in [-0.2, -0.15) is 0 Å². The summed E-state index contributed by atoms with van der Waals surface area (Å²) in [5.74, 6) is 1.87. The molecule has 1 aromatic heterocycles. The highest BCUT2D eigenvalue weighted by atomic mass is 35.5. The molecule has 3 nitrogen and oxygen atoms in total. The highest BCUT2D eigenvalue weighted by Crippen LogP contribution is 2.22. The Morgan fingerprint density at radius 1 is 1.35 bits per heavy atom. The average molecular weight is 295 g/mol. The number of nitrogens with zero attached hydrogens (tertiary/aromatic N) is 1. The van der Waals surface area contributed by atoms with Crippen molar-refractivity contribution in [2.45, 2.75) is 19.4 Å². The van der Waals surface area contributed by atoms with Crippen LogP contribution in [0.5, 0.6) is 0 Å². The molecular weight excluding hydrogens is 272 g/mol. The Kier molecular flexibility index (Phi) is 5.46. The zero-order valence-corrected chi connectivity index (χ0v) is 12.8. The second kappa shape index (κ2) is 7.11. The van der Waals surface area contributed by atoms with Crippen molar-refractivity contribution < 1.29 is 4.42 Å². The molecule has 1 aliphatic rings. The fourth-order valence-electron chi connectivity index (χ4n) is 3.09. The van der Waals surface area contributed by atoms with Crippen molar-refractivity contribution in [2.75, 3.05) is 26.7 Å². The van der Waals surface area contributed by atoms with Gasteiger partial charge in [0.15, 0.2) is 0 Å². The highest BCUT2D eigenvalue weighted by molar-refractivity contribution is 5.85. The van der Waals surface area contributed by atoms with E-state index in [-0.39, 0.29) is 12.4 Å². The standard InChI is InChI=1S/C16H22N2O.ClH/c1-17-10-13-5-4-8-18(11-13)12-15-9-14-6-2-3-7-16(14)19-15;/h2-3,6-7,9,13,17H,4-5,8,10-12H2,1H3;1H. The van der Waals surface area contributed by atoms with E-state index in [1.165, 1.54) is 31.3 Å². The number of hydrogen-bond acceptors (Lipinski definition) is 3. The third-order valence-corrected chi connectivity index (χ3v) is 3.95. The van der Waals surface area contributed by atoms with E-state index in [0.29, 0.717) is 0 Å². The van der Waals surface area contributed by atoms with Gasteiger partial charge in [0.05, 0.1) is 6.54 Å². The Bertz CT molecular complexity index is 505. The molecule has 0 spiro atoms. The number of piperidine rings is 1. The lowest BCUT2D eigenvalue weighted by atomic mass is 9.98. The first-order chi connectivity index (χ1) is 9.35. The van der Waals surface area contributed by atoms with Crippen LogP contribution in [0.1, 0.15) is 18.6 Å². The van der Waals surface area contributed by atoms with Gasteiger partial charge in [0.1, 0.15) is 11.3 Å². The van der Waals surface area contributed by atoms with Crippen molar-refractivity contribution in [2.24, 2.45) is 5.92 Å². The third-order valence-electron chi connectivity index (χ3n) is 3.95. The largest absolute Gasteiger partial charge is 0.460 e. The molecule has 1 saturated heterocycles. The molecule has 1 fully saturated rings. The van der Waals surface area contributed by atoms with Crippen molar-refractivity contribution >= 4 is 23.4 Å². The molecule has 2 aromatic rings. The molecule has 0 saturated carbocycles. The fourth-order valence-corrected chi connectivity index (χ4v) is 3.09. The van der Waals surface area contributed by atoms with E-state index in [1.807, 2.05) is 19.2 Å². The zero-order chi connectivity index (χ0) is 13.1. The van der Waals surface area contributed by atoms with Gasteiger partial charge in [-0.3, -0.25) is 4.90 Å². The van der Waals surface area contributed by atoms with Crippen molar-refractivity contribution in [3.63, 3.8) is 0 Å².